The summed E-state index contributed by atoms with van der Waals surface area (Å²) in [6.07, 6.45) is 3.93. The third kappa shape index (κ3) is 3.93. The Kier molecular flexibility index (Phi) is 5.13. The number of hydrogen-bond donors (Lipinski definition) is 0. The average molecular weight is 356 g/mol. The van der Waals surface area contributed by atoms with Crippen LogP contribution in [0.25, 0.3) is 0 Å². The SMILES string of the molecule is O=C(Cc1cscn1)N1CCC[C@@H]2CN(Cc3ccccc3)CC[C@@H]21. The van der Waals surface area contributed by atoms with Gasteiger partial charge in [-0.3, -0.25) is 9.69 Å². The fourth-order valence-corrected chi connectivity index (χ4v) is 4.91. The number of aromatic nitrogens is 1. The number of carbonyl (C=O) groups is 1. The van der Waals surface area contributed by atoms with Gasteiger partial charge in [-0.05, 0) is 30.7 Å². The van der Waals surface area contributed by atoms with Crippen LogP contribution in [0.1, 0.15) is 30.5 Å². The molecule has 4 rings (SSSR count). The van der Waals surface area contributed by atoms with E-state index in [0.29, 0.717) is 18.4 Å². The number of benzene rings is 1. The van der Waals surface area contributed by atoms with Crippen LogP contribution in [-0.4, -0.2) is 46.4 Å². The van der Waals surface area contributed by atoms with E-state index in [-0.39, 0.29) is 5.91 Å². The first-order chi connectivity index (χ1) is 12.3. The number of carbonyl (C=O) groups excluding carboxylic acids is 1. The fourth-order valence-electron chi connectivity index (χ4n) is 4.35. The van der Waals surface area contributed by atoms with Gasteiger partial charge in [0.2, 0.25) is 5.91 Å². The zero-order valence-electron chi connectivity index (χ0n) is 14.5. The summed E-state index contributed by atoms with van der Waals surface area (Å²) >= 11 is 1.56. The average Bonchev–Trinajstić information content (AvgIpc) is 3.15. The molecular formula is C20H25N3OS. The lowest BCUT2D eigenvalue weighted by atomic mass is 9.83. The Morgan fingerprint density at radius 1 is 1.20 bits per heavy atom. The number of amides is 1. The summed E-state index contributed by atoms with van der Waals surface area (Å²) in [7, 11) is 0. The molecule has 0 spiro atoms. The molecule has 3 heterocycles. The topological polar surface area (TPSA) is 36.4 Å². The van der Waals surface area contributed by atoms with Gasteiger partial charge in [-0.25, -0.2) is 4.98 Å². The first-order valence-corrected chi connectivity index (χ1v) is 10.2. The van der Waals surface area contributed by atoms with Crippen molar-refractivity contribution in [1.82, 2.24) is 14.8 Å². The molecule has 25 heavy (non-hydrogen) atoms. The molecule has 0 N–H and O–H groups in total. The molecular weight excluding hydrogens is 330 g/mol. The van der Waals surface area contributed by atoms with Crippen LogP contribution in [0, 0.1) is 5.92 Å². The van der Waals surface area contributed by atoms with Gasteiger partial charge in [-0.15, -0.1) is 11.3 Å². The minimum atomic E-state index is 0.261. The first kappa shape index (κ1) is 16.7. The van der Waals surface area contributed by atoms with Crippen molar-refractivity contribution in [2.45, 2.75) is 38.3 Å². The van der Waals surface area contributed by atoms with E-state index >= 15 is 0 Å². The van der Waals surface area contributed by atoms with Crippen LogP contribution >= 0.6 is 11.3 Å². The quantitative estimate of drug-likeness (QED) is 0.845. The van der Waals surface area contributed by atoms with E-state index in [1.54, 1.807) is 11.3 Å². The molecule has 1 aromatic heterocycles. The van der Waals surface area contributed by atoms with E-state index in [9.17, 15) is 4.79 Å². The van der Waals surface area contributed by atoms with Crippen molar-refractivity contribution < 1.29 is 4.79 Å². The zero-order valence-corrected chi connectivity index (χ0v) is 15.3. The number of nitrogens with zero attached hydrogens (tertiary/aromatic N) is 3. The number of hydrogen-bond acceptors (Lipinski definition) is 4. The van der Waals surface area contributed by atoms with Crippen molar-refractivity contribution >= 4 is 17.2 Å². The van der Waals surface area contributed by atoms with Crippen LogP contribution in [0.15, 0.2) is 41.2 Å². The van der Waals surface area contributed by atoms with Gasteiger partial charge in [-0.2, -0.15) is 0 Å². The molecule has 2 aromatic rings. The van der Waals surface area contributed by atoms with E-state index in [2.05, 4.69) is 45.1 Å². The van der Waals surface area contributed by atoms with E-state index in [0.717, 1.165) is 44.7 Å². The standard InChI is InChI=1S/C20H25N3OS/c24-20(11-18-14-25-15-21-18)23-9-4-7-17-13-22(10-8-19(17)23)12-16-5-2-1-3-6-16/h1-3,5-6,14-15,17,19H,4,7-13H2/t17-,19+/m1/s1. The lowest BCUT2D eigenvalue weighted by Gasteiger charge is -2.47. The van der Waals surface area contributed by atoms with Crippen molar-refractivity contribution in [3.05, 3.63) is 52.5 Å². The molecule has 4 nitrogen and oxygen atoms in total. The summed E-state index contributed by atoms with van der Waals surface area (Å²) in [5.41, 5.74) is 4.11. The molecule has 0 aliphatic carbocycles. The Morgan fingerprint density at radius 2 is 2.08 bits per heavy atom. The molecule has 0 saturated carbocycles. The van der Waals surface area contributed by atoms with Gasteiger partial charge in [0.05, 0.1) is 17.6 Å². The number of fused-ring (bicyclic) bond motifs is 1. The molecule has 1 amide bonds. The van der Waals surface area contributed by atoms with E-state index < -0.39 is 0 Å². The highest BCUT2D eigenvalue weighted by Gasteiger charge is 2.37. The monoisotopic (exact) mass is 355 g/mol. The molecule has 2 saturated heterocycles. The summed E-state index contributed by atoms with van der Waals surface area (Å²) in [4.78, 5) is 21.8. The summed E-state index contributed by atoms with van der Waals surface area (Å²) in [5.74, 6) is 0.878. The van der Waals surface area contributed by atoms with Gasteiger partial charge in [0.15, 0.2) is 0 Å². The van der Waals surface area contributed by atoms with Crippen LogP contribution in [0.5, 0.6) is 0 Å². The molecule has 1 aromatic carbocycles. The minimum absolute atomic E-state index is 0.261. The highest BCUT2D eigenvalue weighted by Crippen LogP contribution is 2.31. The van der Waals surface area contributed by atoms with Crippen LogP contribution in [0.2, 0.25) is 0 Å². The molecule has 2 aliphatic heterocycles. The highest BCUT2D eigenvalue weighted by atomic mass is 32.1. The third-order valence-electron chi connectivity index (χ3n) is 5.54. The van der Waals surface area contributed by atoms with E-state index in [4.69, 9.17) is 0 Å². The third-order valence-corrected chi connectivity index (χ3v) is 6.17. The second kappa shape index (κ2) is 7.67. The van der Waals surface area contributed by atoms with Crippen molar-refractivity contribution in [1.29, 1.82) is 0 Å². The minimum Gasteiger partial charge on any atom is -0.339 e. The van der Waals surface area contributed by atoms with E-state index in [1.165, 1.54) is 12.0 Å². The lowest BCUT2D eigenvalue weighted by molar-refractivity contribution is -0.137. The maximum atomic E-state index is 12.8. The number of likely N-dealkylation sites (tertiary alicyclic amines) is 2. The van der Waals surface area contributed by atoms with Gasteiger partial charge < -0.3 is 4.90 Å². The van der Waals surface area contributed by atoms with Crippen LogP contribution in [0.3, 0.4) is 0 Å². The fraction of sp³-hybridized carbons (Fsp3) is 0.500. The summed E-state index contributed by atoms with van der Waals surface area (Å²) in [6, 6.07) is 11.1. The molecule has 0 bridgehead atoms. The van der Waals surface area contributed by atoms with Crippen molar-refractivity contribution in [3.8, 4) is 0 Å². The van der Waals surface area contributed by atoms with Gasteiger partial charge in [0.25, 0.3) is 0 Å². The first-order valence-electron chi connectivity index (χ1n) is 9.22. The maximum Gasteiger partial charge on any atom is 0.228 e. The Balaban J connectivity index is 1.38. The van der Waals surface area contributed by atoms with Gasteiger partial charge >= 0.3 is 0 Å². The van der Waals surface area contributed by atoms with E-state index in [1.807, 2.05) is 10.9 Å². The Hall–Kier alpha value is -1.72. The number of piperidine rings is 2. The highest BCUT2D eigenvalue weighted by molar-refractivity contribution is 7.07. The second-order valence-corrected chi connectivity index (χ2v) is 7.94. The second-order valence-electron chi connectivity index (χ2n) is 7.22. The predicted molar refractivity (Wildman–Crippen MR) is 100 cm³/mol. The maximum absolute atomic E-state index is 12.8. The van der Waals surface area contributed by atoms with Crippen molar-refractivity contribution in [2.75, 3.05) is 19.6 Å². The smallest absolute Gasteiger partial charge is 0.228 e. The van der Waals surface area contributed by atoms with Crippen LogP contribution in [0.4, 0.5) is 0 Å². The predicted octanol–water partition coefficient (Wildman–Crippen LogP) is 3.20. The van der Waals surface area contributed by atoms with Crippen molar-refractivity contribution in [3.63, 3.8) is 0 Å². The molecule has 2 aliphatic rings. The molecule has 2 atom stereocenters. The Morgan fingerprint density at radius 3 is 2.88 bits per heavy atom. The summed E-state index contributed by atoms with van der Waals surface area (Å²) in [5, 5.41) is 1.99. The van der Waals surface area contributed by atoms with Crippen LogP contribution < -0.4 is 0 Å². The Labute approximate surface area is 153 Å². The normalized spacial score (nSPS) is 24.1. The summed E-state index contributed by atoms with van der Waals surface area (Å²) < 4.78 is 0. The summed E-state index contributed by atoms with van der Waals surface area (Å²) in [6.45, 7) is 4.14. The number of thiazole rings is 1. The number of rotatable bonds is 4. The zero-order chi connectivity index (χ0) is 17.1. The lowest BCUT2D eigenvalue weighted by Crippen LogP contribution is -2.55. The molecule has 0 radical (unpaired) electrons. The molecule has 0 unspecified atom stereocenters. The largest absolute Gasteiger partial charge is 0.339 e. The van der Waals surface area contributed by atoms with Crippen molar-refractivity contribution in [2.24, 2.45) is 5.92 Å². The van der Waals surface area contributed by atoms with Gasteiger partial charge in [0.1, 0.15) is 0 Å². The van der Waals surface area contributed by atoms with Crippen LogP contribution in [-0.2, 0) is 17.8 Å². The molecule has 5 heteroatoms. The Bertz CT molecular complexity index is 688. The molecule has 132 valence electrons. The van der Waals surface area contributed by atoms with Gasteiger partial charge in [0, 0.05) is 37.6 Å². The van der Waals surface area contributed by atoms with Gasteiger partial charge in [-0.1, -0.05) is 30.3 Å². The molecule has 2 fully saturated rings.